The molecule has 0 fully saturated rings. The first-order valence-electron chi connectivity index (χ1n) is 7.25. The molecular formula is C16H17IN2OS. The molecule has 5 heteroatoms. The maximum Gasteiger partial charge on any atom is 0.262 e. The molecule has 0 bridgehead atoms. The van der Waals surface area contributed by atoms with E-state index >= 15 is 0 Å². The summed E-state index contributed by atoms with van der Waals surface area (Å²) in [5.41, 5.74) is 2.30. The van der Waals surface area contributed by atoms with Crippen LogP contribution in [0.4, 0.5) is 0 Å². The van der Waals surface area contributed by atoms with Crippen molar-refractivity contribution in [3.63, 3.8) is 0 Å². The third-order valence-corrected chi connectivity index (χ3v) is 4.98. The Hall–Kier alpha value is -0.950. The van der Waals surface area contributed by atoms with E-state index in [-0.39, 0.29) is 5.56 Å². The fraction of sp³-hybridized carbons (Fsp3) is 0.375. The number of aromatic amines is 1. The molecule has 1 N–H and O–H groups in total. The van der Waals surface area contributed by atoms with Gasteiger partial charge in [0.1, 0.15) is 0 Å². The van der Waals surface area contributed by atoms with Gasteiger partial charge in [-0.1, -0.05) is 11.6 Å². The van der Waals surface area contributed by atoms with Crippen LogP contribution in [-0.4, -0.2) is 9.55 Å². The number of allylic oxidation sites excluding steroid dienone is 2. The summed E-state index contributed by atoms with van der Waals surface area (Å²) in [5, 5.41) is 0.716. The first-order valence-corrected chi connectivity index (χ1v) is 8.74. The minimum atomic E-state index is 0.0173. The van der Waals surface area contributed by atoms with Gasteiger partial charge in [0, 0.05) is 10.1 Å². The van der Waals surface area contributed by atoms with E-state index in [9.17, 15) is 4.79 Å². The minimum Gasteiger partial charge on any atom is -0.332 e. The molecule has 0 amide bonds. The molecule has 0 atom stereocenters. The predicted molar refractivity (Wildman–Crippen MR) is 97.3 cm³/mol. The molecule has 110 valence electrons. The molecule has 21 heavy (non-hydrogen) atoms. The summed E-state index contributed by atoms with van der Waals surface area (Å²) in [4.78, 5) is 15.8. The number of H-pyrrole nitrogens is 1. The van der Waals surface area contributed by atoms with Gasteiger partial charge in [0.05, 0.1) is 10.9 Å². The van der Waals surface area contributed by atoms with Gasteiger partial charge in [0.25, 0.3) is 5.56 Å². The molecule has 1 aliphatic carbocycles. The molecule has 0 unspecified atom stereocenters. The standard InChI is InChI=1S/C16H17IN2OS/c17-12-6-7-14-13(10-12)15(20)19(16(21)18-14)9-8-11-4-2-1-3-5-11/h4,6-7,10H,1-3,5,8-9H2,(H,18,21). The van der Waals surface area contributed by atoms with Gasteiger partial charge in [0.2, 0.25) is 0 Å². The zero-order valence-electron chi connectivity index (χ0n) is 11.7. The van der Waals surface area contributed by atoms with Crippen molar-refractivity contribution in [1.29, 1.82) is 0 Å². The van der Waals surface area contributed by atoms with Gasteiger partial charge in [-0.05, 0) is 85.1 Å². The van der Waals surface area contributed by atoms with E-state index < -0.39 is 0 Å². The quantitative estimate of drug-likeness (QED) is 0.456. The van der Waals surface area contributed by atoms with Gasteiger partial charge in [-0.2, -0.15) is 0 Å². The second kappa shape index (κ2) is 6.44. The third kappa shape index (κ3) is 3.29. The van der Waals surface area contributed by atoms with Crippen LogP contribution in [0.5, 0.6) is 0 Å². The van der Waals surface area contributed by atoms with Gasteiger partial charge in [-0.15, -0.1) is 0 Å². The third-order valence-electron chi connectivity index (χ3n) is 3.99. The predicted octanol–water partition coefficient (Wildman–Crippen LogP) is 4.55. The van der Waals surface area contributed by atoms with Crippen LogP contribution in [0, 0.1) is 8.34 Å². The molecule has 2 aromatic rings. The summed E-state index contributed by atoms with van der Waals surface area (Å²) in [6.45, 7) is 0.668. The fourth-order valence-electron chi connectivity index (χ4n) is 2.81. The molecule has 1 heterocycles. The van der Waals surface area contributed by atoms with E-state index in [0.29, 0.717) is 16.7 Å². The smallest absolute Gasteiger partial charge is 0.262 e. The highest BCUT2D eigenvalue weighted by atomic mass is 127. The highest BCUT2D eigenvalue weighted by molar-refractivity contribution is 14.1. The van der Waals surface area contributed by atoms with Crippen molar-refractivity contribution in [2.24, 2.45) is 0 Å². The van der Waals surface area contributed by atoms with Crippen molar-refractivity contribution >= 4 is 45.7 Å². The molecule has 3 rings (SSSR count). The molecule has 0 aliphatic heterocycles. The van der Waals surface area contributed by atoms with Crippen molar-refractivity contribution in [3.8, 4) is 0 Å². The molecule has 1 aromatic carbocycles. The molecule has 0 spiro atoms. The van der Waals surface area contributed by atoms with Crippen molar-refractivity contribution < 1.29 is 0 Å². The number of benzene rings is 1. The second-order valence-corrected chi connectivity index (χ2v) is 7.07. The van der Waals surface area contributed by atoms with Crippen LogP contribution in [0.15, 0.2) is 34.6 Å². The van der Waals surface area contributed by atoms with Gasteiger partial charge in [-0.25, -0.2) is 0 Å². The average molecular weight is 412 g/mol. The Morgan fingerprint density at radius 1 is 1.33 bits per heavy atom. The topological polar surface area (TPSA) is 37.8 Å². The number of hydrogen-bond acceptors (Lipinski definition) is 2. The maximum atomic E-state index is 12.6. The van der Waals surface area contributed by atoms with Crippen molar-refractivity contribution in [2.75, 3.05) is 0 Å². The lowest BCUT2D eigenvalue weighted by Gasteiger charge is -2.14. The maximum absolute atomic E-state index is 12.6. The highest BCUT2D eigenvalue weighted by Gasteiger charge is 2.08. The number of hydrogen-bond donors (Lipinski definition) is 1. The summed E-state index contributed by atoms with van der Waals surface area (Å²) in [7, 11) is 0. The van der Waals surface area contributed by atoms with Crippen LogP contribution in [0.2, 0.25) is 0 Å². The van der Waals surface area contributed by atoms with Crippen LogP contribution >= 0.6 is 34.8 Å². The first-order chi connectivity index (χ1) is 10.1. The Kier molecular flexibility index (Phi) is 4.59. The largest absolute Gasteiger partial charge is 0.332 e. The molecular weight excluding hydrogens is 395 g/mol. The number of aromatic nitrogens is 2. The summed E-state index contributed by atoms with van der Waals surface area (Å²) < 4.78 is 3.28. The van der Waals surface area contributed by atoms with E-state index in [1.165, 1.54) is 24.8 Å². The average Bonchev–Trinajstić information content (AvgIpc) is 2.49. The van der Waals surface area contributed by atoms with Crippen LogP contribution in [0.25, 0.3) is 10.9 Å². The zero-order valence-corrected chi connectivity index (χ0v) is 14.7. The number of rotatable bonds is 3. The lowest BCUT2D eigenvalue weighted by atomic mass is 9.97. The summed E-state index contributed by atoms with van der Waals surface area (Å²) in [6.07, 6.45) is 8.14. The van der Waals surface area contributed by atoms with Crippen molar-refractivity contribution in [2.45, 2.75) is 38.6 Å². The number of nitrogens with one attached hydrogen (secondary N) is 1. The minimum absolute atomic E-state index is 0.0173. The van der Waals surface area contributed by atoms with Gasteiger partial charge < -0.3 is 4.98 Å². The number of nitrogens with zero attached hydrogens (tertiary/aromatic N) is 1. The van der Waals surface area contributed by atoms with Crippen LogP contribution in [0.1, 0.15) is 32.1 Å². The van der Waals surface area contributed by atoms with Crippen molar-refractivity contribution in [1.82, 2.24) is 9.55 Å². The Morgan fingerprint density at radius 3 is 2.95 bits per heavy atom. The number of halogens is 1. The van der Waals surface area contributed by atoms with E-state index in [1.807, 2.05) is 18.2 Å². The Balaban J connectivity index is 1.96. The van der Waals surface area contributed by atoms with Gasteiger partial charge in [0.15, 0.2) is 4.77 Å². The van der Waals surface area contributed by atoms with Crippen LogP contribution < -0.4 is 5.56 Å². The highest BCUT2D eigenvalue weighted by Crippen LogP contribution is 2.20. The SMILES string of the molecule is O=c1c2cc(I)ccc2[nH]c(=S)n1CCC1=CCCCC1. The molecule has 0 saturated carbocycles. The van der Waals surface area contributed by atoms with Crippen LogP contribution in [0.3, 0.4) is 0 Å². The molecule has 0 saturated heterocycles. The summed E-state index contributed by atoms with van der Waals surface area (Å²) >= 11 is 7.58. The van der Waals surface area contributed by atoms with E-state index in [1.54, 1.807) is 4.57 Å². The Bertz CT molecular complexity index is 819. The first kappa shape index (κ1) is 15.0. The lowest BCUT2D eigenvalue weighted by Crippen LogP contribution is -2.22. The molecule has 3 nitrogen and oxygen atoms in total. The van der Waals surface area contributed by atoms with Crippen molar-refractivity contribution in [3.05, 3.63) is 48.5 Å². The normalized spacial score (nSPS) is 15.2. The number of fused-ring (bicyclic) bond motifs is 1. The molecule has 0 radical (unpaired) electrons. The zero-order chi connectivity index (χ0) is 14.8. The van der Waals surface area contributed by atoms with Gasteiger partial charge in [-0.3, -0.25) is 9.36 Å². The van der Waals surface area contributed by atoms with Crippen LogP contribution in [-0.2, 0) is 6.54 Å². The van der Waals surface area contributed by atoms with Gasteiger partial charge >= 0.3 is 0 Å². The summed E-state index contributed by atoms with van der Waals surface area (Å²) in [5.74, 6) is 0. The van der Waals surface area contributed by atoms with E-state index in [2.05, 4.69) is 33.7 Å². The monoisotopic (exact) mass is 412 g/mol. The lowest BCUT2D eigenvalue weighted by molar-refractivity contribution is 0.605. The molecule has 1 aromatic heterocycles. The fourth-order valence-corrected chi connectivity index (χ4v) is 3.59. The Morgan fingerprint density at radius 2 is 2.19 bits per heavy atom. The van der Waals surface area contributed by atoms with E-state index in [4.69, 9.17) is 12.2 Å². The molecule has 1 aliphatic rings. The second-order valence-electron chi connectivity index (χ2n) is 5.44. The Labute approximate surface area is 142 Å². The van der Waals surface area contributed by atoms with E-state index in [0.717, 1.165) is 21.9 Å². The summed E-state index contributed by atoms with van der Waals surface area (Å²) in [6, 6.07) is 5.81.